The molecule has 0 aromatic carbocycles. The van der Waals surface area contributed by atoms with Crippen molar-refractivity contribution < 1.29 is 17.9 Å². The normalized spacial score (nSPS) is 34.0. The molecule has 12 heavy (non-hydrogen) atoms. The monoisotopic (exact) mass is 182 g/mol. The smallest absolute Gasteiger partial charge is 0.307 e. The lowest BCUT2D eigenvalue weighted by Gasteiger charge is -2.24. The largest absolute Gasteiger partial charge is 0.341 e. The van der Waals surface area contributed by atoms with Gasteiger partial charge in [-0.25, -0.2) is 13.2 Å². The summed E-state index contributed by atoms with van der Waals surface area (Å²) >= 11 is 0. The molecule has 0 N–H and O–H groups in total. The van der Waals surface area contributed by atoms with E-state index in [-0.39, 0.29) is 13.0 Å². The molecule has 1 unspecified atom stereocenters. The second kappa shape index (κ2) is 3.24. The summed E-state index contributed by atoms with van der Waals surface area (Å²) in [6.07, 6.45) is 0.445. The minimum absolute atomic E-state index is 0.173. The van der Waals surface area contributed by atoms with Gasteiger partial charge in [-0.3, -0.25) is 0 Å². The highest BCUT2D eigenvalue weighted by molar-refractivity contribution is 4.90. The van der Waals surface area contributed by atoms with Crippen LogP contribution in [0, 0.1) is 0 Å². The highest BCUT2D eigenvalue weighted by atomic mass is 19.3. The van der Waals surface area contributed by atoms with Crippen LogP contribution in [0.4, 0.5) is 13.2 Å². The number of rotatable bonds is 3. The molecule has 0 aliphatic carbocycles. The van der Waals surface area contributed by atoms with E-state index in [1.165, 1.54) is 0 Å². The molecule has 0 radical (unpaired) electrons. The first kappa shape index (κ1) is 9.84. The van der Waals surface area contributed by atoms with E-state index < -0.39 is 18.2 Å². The standard InChI is InChI=1S/C8H13F3O/c1-2-3-4-8(11)7(9,10)5-6-12-8/h2-6H2,1H3. The van der Waals surface area contributed by atoms with Gasteiger partial charge in [0.05, 0.1) is 6.61 Å². The third-order valence-corrected chi connectivity index (χ3v) is 2.14. The molecule has 1 aliphatic heterocycles. The van der Waals surface area contributed by atoms with Gasteiger partial charge in [0.15, 0.2) is 0 Å². The number of ether oxygens (including phenoxy) is 1. The molecule has 1 rings (SSSR count). The number of halogens is 3. The summed E-state index contributed by atoms with van der Waals surface area (Å²) in [5.41, 5.74) is 0. The molecule has 0 amide bonds. The fourth-order valence-electron chi connectivity index (χ4n) is 1.29. The fraction of sp³-hybridized carbons (Fsp3) is 1.00. The summed E-state index contributed by atoms with van der Waals surface area (Å²) < 4.78 is 43.4. The van der Waals surface area contributed by atoms with Crippen LogP contribution in [-0.2, 0) is 4.74 Å². The van der Waals surface area contributed by atoms with Crippen molar-refractivity contribution >= 4 is 0 Å². The van der Waals surface area contributed by atoms with Gasteiger partial charge >= 0.3 is 5.92 Å². The van der Waals surface area contributed by atoms with E-state index in [4.69, 9.17) is 0 Å². The summed E-state index contributed by atoms with van der Waals surface area (Å²) in [6, 6.07) is 0. The van der Waals surface area contributed by atoms with Crippen molar-refractivity contribution in [2.45, 2.75) is 44.4 Å². The van der Waals surface area contributed by atoms with E-state index in [0.717, 1.165) is 0 Å². The predicted octanol–water partition coefficient (Wildman–Crippen LogP) is 2.90. The van der Waals surface area contributed by atoms with E-state index >= 15 is 0 Å². The van der Waals surface area contributed by atoms with Gasteiger partial charge in [0, 0.05) is 12.8 Å². The predicted molar refractivity (Wildman–Crippen MR) is 38.9 cm³/mol. The Bertz CT molecular complexity index is 160. The van der Waals surface area contributed by atoms with Crippen molar-refractivity contribution in [3.05, 3.63) is 0 Å². The molecule has 0 aromatic rings. The lowest BCUT2D eigenvalue weighted by atomic mass is 10.0. The Morgan fingerprint density at radius 2 is 2.00 bits per heavy atom. The zero-order valence-corrected chi connectivity index (χ0v) is 7.08. The zero-order chi connectivity index (χ0) is 9.24. The van der Waals surface area contributed by atoms with Crippen molar-refractivity contribution in [2.24, 2.45) is 0 Å². The Labute approximate surface area is 69.9 Å². The topological polar surface area (TPSA) is 9.23 Å². The molecule has 0 saturated carbocycles. The van der Waals surface area contributed by atoms with Gasteiger partial charge < -0.3 is 4.74 Å². The highest BCUT2D eigenvalue weighted by Crippen LogP contribution is 2.44. The van der Waals surface area contributed by atoms with Gasteiger partial charge in [-0.2, -0.15) is 0 Å². The van der Waals surface area contributed by atoms with Crippen molar-refractivity contribution in [2.75, 3.05) is 6.61 Å². The van der Waals surface area contributed by atoms with Crippen molar-refractivity contribution in [1.82, 2.24) is 0 Å². The quantitative estimate of drug-likeness (QED) is 0.652. The first-order chi connectivity index (χ1) is 5.52. The van der Waals surface area contributed by atoms with Crippen LogP contribution >= 0.6 is 0 Å². The van der Waals surface area contributed by atoms with Crippen LogP contribution in [0.3, 0.4) is 0 Å². The van der Waals surface area contributed by atoms with Gasteiger partial charge in [-0.05, 0) is 6.42 Å². The Morgan fingerprint density at radius 3 is 2.42 bits per heavy atom. The summed E-state index contributed by atoms with van der Waals surface area (Å²) in [4.78, 5) is 0. The second-order valence-electron chi connectivity index (χ2n) is 3.13. The van der Waals surface area contributed by atoms with Crippen LogP contribution in [0.2, 0.25) is 0 Å². The summed E-state index contributed by atoms with van der Waals surface area (Å²) in [6.45, 7) is 1.66. The molecule has 72 valence electrons. The Balaban J connectivity index is 2.56. The maximum Gasteiger partial charge on any atom is 0.307 e. The van der Waals surface area contributed by atoms with Gasteiger partial charge in [0.1, 0.15) is 0 Å². The molecule has 0 aromatic heterocycles. The Hall–Kier alpha value is -0.250. The molecule has 1 aliphatic rings. The fourth-order valence-corrected chi connectivity index (χ4v) is 1.29. The third-order valence-electron chi connectivity index (χ3n) is 2.14. The molecule has 4 heteroatoms. The summed E-state index contributed by atoms with van der Waals surface area (Å²) in [5, 5.41) is 0. The SMILES string of the molecule is CCCCC1(F)OCCC1(F)F. The molecule has 1 atom stereocenters. The Kier molecular flexibility index (Phi) is 2.66. The van der Waals surface area contributed by atoms with Crippen LogP contribution in [0.25, 0.3) is 0 Å². The van der Waals surface area contributed by atoms with Crippen LogP contribution < -0.4 is 0 Å². The van der Waals surface area contributed by atoms with Gasteiger partial charge in [0.2, 0.25) is 0 Å². The van der Waals surface area contributed by atoms with Crippen molar-refractivity contribution in [1.29, 1.82) is 0 Å². The van der Waals surface area contributed by atoms with E-state index in [0.29, 0.717) is 12.8 Å². The molecule has 1 heterocycles. The second-order valence-corrected chi connectivity index (χ2v) is 3.13. The summed E-state index contributed by atoms with van der Waals surface area (Å²) in [5.74, 6) is -5.98. The van der Waals surface area contributed by atoms with Gasteiger partial charge in [0.25, 0.3) is 5.85 Å². The van der Waals surface area contributed by atoms with Crippen LogP contribution in [-0.4, -0.2) is 18.4 Å². The van der Waals surface area contributed by atoms with Crippen LogP contribution in [0.1, 0.15) is 32.6 Å². The van der Waals surface area contributed by atoms with Crippen LogP contribution in [0.15, 0.2) is 0 Å². The molecular formula is C8H13F3O. The van der Waals surface area contributed by atoms with E-state index in [1.807, 2.05) is 6.92 Å². The number of unbranched alkanes of at least 4 members (excludes halogenated alkanes) is 1. The number of hydrogen-bond donors (Lipinski definition) is 0. The average Bonchev–Trinajstić information content (AvgIpc) is 2.24. The number of hydrogen-bond acceptors (Lipinski definition) is 1. The van der Waals surface area contributed by atoms with E-state index in [9.17, 15) is 13.2 Å². The molecular weight excluding hydrogens is 169 g/mol. The van der Waals surface area contributed by atoms with Crippen molar-refractivity contribution in [3.8, 4) is 0 Å². The van der Waals surface area contributed by atoms with E-state index in [2.05, 4.69) is 4.74 Å². The first-order valence-corrected chi connectivity index (χ1v) is 4.22. The number of alkyl halides is 3. The molecule has 1 saturated heterocycles. The lowest BCUT2D eigenvalue weighted by Crippen LogP contribution is -2.40. The molecule has 0 spiro atoms. The minimum Gasteiger partial charge on any atom is -0.341 e. The first-order valence-electron chi connectivity index (χ1n) is 4.22. The molecule has 0 bridgehead atoms. The Morgan fingerprint density at radius 1 is 1.33 bits per heavy atom. The van der Waals surface area contributed by atoms with E-state index in [1.54, 1.807) is 0 Å². The zero-order valence-electron chi connectivity index (χ0n) is 7.08. The van der Waals surface area contributed by atoms with Gasteiger partial charge in [-0.15, -0.1) is 0 Å². The van der Waals surface area contributed by atoms with Crippen molar-refractivity contribution in [3.63, 3.8) is 0 Å². The molecule has 1 fully saturated rings. The highest BCUT2D eigenvalue weighted by Gasteiger charge is 2.59. The maximum absolute atomic E-state index is 13.3. The average molecular weight is 182 g/mol. The lowest BCUT2D eigenvalue weighted by molar-refractivity contribution is -0.228. The third kappa shape index (κ3) is 1.58. The molecule has 1 nitrogen and oxygen atoms in total. The minimum atomic E-state index is -3.29. The maximum atomic E-state index is 13.3. The summed E-state index contributed by atoms with van der Waals surface area (Å²) in [7, 11) is 0. The van der Waals surface area contributed by atoms with Gasteiger partial charge in [-0.1, -0.05) is 13.3 Å². The van der Waals surface area contributed by atoms with Crippen LogP contribution in [0.5, 0.6) is 0 Å².